The van der Waals surface area contributed by atoms with E-state index in [9.17, 15) is 14.4 Å². The highest BCUT2D eigenvalue weighted by atomic mass is 16.7. The van der Waals surface area contributed by atoms with Crippen molar-refractivity contribution in [1.29, 1.82) is 0 Å². The molecule has 7 heteroatoms. The zero-order chi connectivity index (χ0) is 19.4. The van der Waals surface area contributed by atoms with Crippen molar-refractivity contribution >= 4 is 23.4 Å². The van der Waals surface area contributed by atoms with Gasteiger partial charge in [-0.05, 0) is 25.8 Å². The van der Waals surface area contributed by atoms with Gasteiger partial charge in [-0.25, -0.2) is 0 Å². The molecule has 0 aromatic heterocycles. The summed E-state index contributed by atoms with van der Waals surface area (Å²) in [6, 6.07) is 9.02. The van der Waals surface area contributed by atoms with E-state index in [1.165, 1.54) is 6.08 Å². The van der Waals surface area contributed by atoms with Gasteiger partial charge in [0.2, 0.25) is 0 Å². The van der Waals surface area contributed by atoms with E-state index in [1.54, 1.807) is 26.0 Å². The first-order chi connectivity index (χ1) is 13.0. The molecule has 2 aliphatic heterocycles. The maximum absolute atomic E-state index is 12.7. The molecule has 2 aliphatic rings. The van der Waals surface area contributed by atoms with E-state index in [0.717, 1.165) is 4.90 Å². The zero-order valence-electron chi connectivity index (χ0n) is 15.5. The zero-order valence-corrected chi connectivity index (χ0v) is 15.5. The van der Waals surface area contributed by atoms with Crippen molar-refractivity contribution in [3.63, 3.8) is 0 Å². The number of nitrogens with zero attached hydrogens (tertiary/aromatic N) is 1. The Hall–Kier alpha value is -2.51. The number of amides is 2. The van der Waals surface area contributed by atoms with E-state index in [-0.39, 0.29) is 31.4 Å². The van der Waals surface area contributed by atoms with E-state index >= 15 is 0 Å². The maximum Gasteiger partial charge on any atom is 0.314 e. The second-order valence-corrected chi connectivity index (χ2v) is 6.53. The maximum atomic E-state index is 12.7. The number of esters is 1. The predicted molar refractivity (Wildman–Crippen MR) is 96.2 cm³/mol. The number of hydrogen-bond acceptors (Lipinski definition) is 6. The van der Waals surface area contributed by atoms with Crippen molar-refractivity contribution < 1.29 is 28.6 Å². The van der Waals surface area contributed by atoms with Gasteiger partial charge in [-0.15, -0.1) is 0 Å². The van der Waals surface area contributed by atoms with Crippen molar-refractivity contribution in [2.24, 2.45) is 5.92 Å². The highest BCUT2D eigenvalue weighted by Gasteiger charge is 2.46. The molecule has 2 amide bonds. The van der Waals surface area contributed by atoms with Gasteiger partial charge < -0.3 is 14.2 Å². The first kappa shape index (κ1) is 19.3. The van der Waals surface area contributed by atoms with Crippen LogP contribution in [0.4, 0.5) is 0 Å². The Morgan fingerprint density at radius 3 is 2.52 bits per heavy atom. The van der Waals surface area contributed by atoms with Crippen LogP contribution in [0.25, 0.3) is 5.57 Å². The van der Waals surface area contributed by atoms with E-state index in [4.69, 9.17) is 14.2 Å². The minimum Gasteiger partial charge on any atom is -0.466 e. The lowest BCUT2D eigenvalue weighted by Crippen LogP contribution is -2.44. The third-order valence-electron chi connectivity index (χ3n) is 4.80. The highest BCUT2D eigenvalue weighted by Crippen LogP contribution is 2.32. The highest BCUT2D eigenvalue weighted by molar-refractivity contribution is 6.33. The molecule has 1 unspecified atom stereocenters. The lowest BCUT2D eigenvalue weighted by molar-refractivity contribution is -0.202. The molecule has 3 rings (SSSR count). The van der Waals surface area contributed by atoms with Gasteiger partial charge in [0, 0.05) is 12.6 Å². The largest absolute Gasteiger partial charge is 0.466 e. The SMILES string of the molecule is CCOC(=O)C(CCN1C(=O)C=C(c2ccccc2)C1=O)C1(C)OCCO1. The number of benzene rings is 1. The topological polar surface area (TPSA) is 82.1 Å². The monoisotopic (exact) mass is 373 g/mol. The minimum absolute atomic E-state index is 0.0797. The van der Waals surface area contributed by atoms with Gasteiger partial charge in [-0.1, -0.05) is 30.3 Å². The lowest BCUT2D eigenvalue weighted by atomic mass is 9.95. The number of rotatable bonds is 7. The van der Waals surface area contributed by atoms with E-state index in [1.807, 2.05) is 18.2 Å². The summed E-state index contributed by atoms with van der Waals surface area (Å²) in [5, 5.41) is 0. The Bertz CT molecular complexity index is 751. The van der Waals surface area contributed by atoms with Crippen LogP contribution >= 0.6 is 0 Å². The number of ether oxygens (including phenoxy) is 3. The Morgan fingerprint density at radius 1 is 1.22 bits per heavy atom. The summed E-state index contributed by atoms with van der Waals surface area (Å²) < 4.78 is 16.4. The molecule has 1 saturated heterocycles. The molecule has 2 heterocycles. The van der Waals surface area contributed by atoms with E-state index in [0.29, 0.717) is 24.4 Å². The average Bonchev–Trinajstić information content (AvgIpc) is 3.21. The van der Waals surface area contributed by atoms with Gasteiger partial charge in [0.05, 0.1) is 25.4 Å². The van der Waals surface area contributed by atoms with Crippen LogP contribution in [-0.2, 0) is 28.6 Å². The molecule has 1 aromatic rings. The lowest BCUT2D eigenvalue weighted by Gasteiger charge is -2.31. The van der Waals surface area contributed by atoms with Crippen LogP contribution in [0.5, 0.6) is 0 Å². The quantitative estimate of drug-likeness (QED) is 0.535. The molecule has 0 bridgehead atoms. The van der Waals surface area contributed by atoms with Crippen LogP contribution in [0.2, 0.25) is 0 Å². The number of imide groups is 1. The van der Waals surface area contributed by atoms with Crippen molar-refractivity contribution in [2.45, 2.75) is 26.1 Å². The first-order valence-corrected chi connectivity index (χ1v) is 9.03. The molecule has 0 spiro atoms. The molecule has 1 fully saturated rings. The molecule has 7 nitrogen and oxygen atoms in total. The molecule has 0 radical (unpaired) electrons. The fraction of sp³-hybridized carbons (Fsp3) is 0.450. The average molecular weight is 373 g/mol. The van der Waals surface area contributed by atoms with Crippen molar-refractivity contribution in [2.75, 3.05) is 26.4 Å². The van der Waals surface area contributed by atoms with Gasteiger partial charge >= 0.3 is 5.97 Å². The molecule has 1 aromatic carbocycles. The predicted octanol–water partition coefficient (Wildman–Crippen LogP) is 1.77. The van der Waals surface area contributed by atoms with Crippen LogP contribution in [-0.4, -0.2) is 54.8 Å². The second-order valence-electron chi connectivity index (χ2n) is 6.53. The van der Waals surface area contributed by atoms with Crippen LogP contribution in [0.15, 0.2) is 36.4 Å². The van der Waals surface area contributed by atoms with Crippen molar-refractivity contribution in [3.8, 4) is 0 Å². The van der Waals surface area contributed by atoms with Gasteiger partial charge in [0.15, 0.2) is 5.79 Å². The molecular weight excluding hydrogens is 350 g/mol. The second kappa shape index (κ2) is 8.02. The van der Waals surface area contributed by atoms with Crippen LogP contribution in [0, 0.1) is 5.92 Å². The molecule has 27 heavy (non-hydrogen) atoms. The molecule has 0 aliphatic carbocycles. The first-order valence-electron chi connectivity index (χ1n) is 9.03. The fourth-order valence-corrected chi connectivity index (χ4v) is 3.37. The standard InChI is InChI=1S/C20H23NO6/c1-3-25-19(24)16(20(2)26-11-12-27-20)9-10-21-17(22)13-15(18(21)23)14-7-5-4-6-8-14/h4-8,13,16H,3,9-12H2,1-2H3. The van der Waals surface area contributed by atoms with E-state index < -0.39 is 17.7 Å². The molecule has 1 atom stereocenters. The third kappa shape index (κ3) is 3.94. The Labute approximate surface area is 157 Å². The summed E-state index contributed by atoms with van der Waals surface area (Å²) in [6.07, 6.45) is 1.53. The summed E-state index contributed by atoms with van der Waals surface area (Å²) in [5.74, 6) is -3.07. The van der Waals surface area contributed by atoms with Crippen LogP contribution in [0.3, 0.4) is 0 Å². The minimum atomic E-state index is -1.12. The Morgan fingerprint density at radius 2 is 1.89 bits per heavy atom. The number of carbonyl (C=O) groups excluding carboxylic acids is 3. The Balaban J connectivity index is 1.71. The Kier molecular flexibility index (Phi) is 5.72. The molecule has 0 N–H and O–H groups in total. The smallest absolute Gasteiger partial charge is 0.314 e. The summed E-state index contributed by atoms with van der Waals surface area (Å²) in [7, 11) is 0. The number of carbonyl (C=O) groups is 3. The van der Waals surface area contributed by atoms with Crippen LogP contribution in [0.1, 0.15) is 25.8 Å². The summed E-state index contributed by atoms with van der Waals surface area (Å²) in [5.41, 5.74) is 1.04. The molecular formula is C20H23NO6. The molecule has 144 valence electrons. The van der Waals surface area contributed by atoms with Gasteiger partial charge in [0.1, 0.15) is 5.92 Å². The summed E-state index contributed by atoms with van der Waals surface area (Å²) >= 11 is 0. The van der Waals surface area contributed by atoms with Gasteiger partial charge in [-0.3, -0.25) is 19.3 Å². The normalized spacial score (nSPS) is 19.9. The molecule has 0 saturated carbocycles. The van der Waals surface area contributed by atoms with Crippen LogP contribution < -0.4 is 0 Å². The van der Waals surface area contributed by atoms with E-state index in [2.05, 4.69) is 0 Å². The van der Waals surface area contributed by atoms with Gasteiger partial charge in [0.25, 0.3) is 11.8 Å². The van der Waals surface area contributed by atoms with Gasteiger partial charge in [-0.2, -0.15) is 0 Å². The van der Waals surface area contributed by atoms with Crippen molar-refractivity contribution in [1.82, 2.24) is 4.90 Å². The third-order valence-corrected chi connectivity index (χ3v) is 4.80. The number of hydrogen-bond donors (Lipinski definition) is 0. The van der Waals surface area contributed by atoms with Crippen molar-refractivity contribution in [3.05, 3.63) is 42.0 Å². The summed E-state index contributed by atoms with van der Waals surface area (Å²) in [4.78, 5) is 38.6. The fourth-order valence-electron chi connectivity index (χ4n) is 3.37. The summed E-state index contributed by atoms with van der Waals surface area (Å²) in [6.45, 7) is 4.48.